The Balaban J connectivity index is 3.92. The fourth-order valence-corrected chi connectivity index (χ4v) is 0.374. The molecule has 0 saturated heterocycles. The van der Waals surface area contributed by atoms with Crippen LogP contribution in [0.5, 0.6) is 0 Å². The third-order valence-electron chi connectivity index (χ3n) is 0.899. The van der Waals surface area contributed by atoms with Gasteiger partial charge in [-0.2, -0.15) is 0 Å². The average Bonchev–Trinajstić information content (AvgIpc) is 1.69. The molecule has 0 radical (unpaired) electrons. The highest BCUT2D eigenvalue weighted by atomic mass is 16.1. The van der Waals surface area contributed by atoms with Crippen molar-refractivity contribution in [3.63, 3.8) is 0 Å². The van der Waals surface area contributed by atoms with E-state index in [0.29, 0.717) is 12.0 Å². The van der Waals surface area contributed by atoms with Crippen LogP contribution in [0.2, 0.25) is 0 Å². The van der Waals surface area contributed by atoms with E-state index in [-0.39, 0.29) is 0 Å². The Morgan fingerprint density at radius 2 is 2.25 bits per heavy atom. The Bertz CT molecular complexity index is 118. The van der Waals surface area contributed by atoms with E-state index < -0.39 is 5.91 Å². The zero-order chi connectivity index (χ0) is 6.57. The van der Waals surface area contributed by atoms with Gasteiger partial charge < -0.3 is 11.5 Å². The fourth-order valence-electron chi connectivity index (χ4n) is 0.374. The first kappa shape index (κ1) is 7.01. The van der Waals surface area contributed by atoms with Crippen molar-refractivity contribution in [2.45, 2.75) is 13.3 Å². The Morgan fingerprint density at radius 1 is 1.75 bits per heavy atom. The number of carbonyl (C=O) groups excluding carboxylic acids is 1. The van der Waals surface area contributed by atoms with Crippen LogP contribution in [0.1, 0.15) is 13.3 Å². The van der Waals surface area contributed by atoms with Gasteiger partial charge in [0.15, 0.2) is 0 Å². The molecule has 0 spiro atoms. The molecule has 0 aliphatic carbocycles. The van der Waals surface area contributed by atoms with Gasteiger partial charge in [-0.3, -0.25) is 4.79 Å². The van der Waals surface area contributed by atoms with Crippen LogP contribution in [0.4, 0.5) is 0 Å². The largest absolute Gasteiger partial charge is 0.404 e. The van der Waals surface area contributed by atoms with Crippen molar-refractivity contribution < 1.29 is 4.79 Å². The molecule has 46 valence electrons. The lowest BCUT2D eigenvalue weighted by atomic mass is 10.2. The summed E-state index contributed by atoms with van der Waals surface area (Å²) in [5.74, 6) is -0.435. The van der Waals surface area contributed by atoms with Crippen molar-refractivity contribution in [3.8, 4) is 0 Å². The number of hydrogen-bond acceptors (Lipinski definition) is 2. The van der Waals surface area contributed by atoms with Crippen molar-refractivity contribution in [1.82, 2.24) is 0 Å². The molecule has 1 amide bonds. The summed E-state index contributed by atoms with van der Waals surface area (Å²) in [6, 6.07) is 0. The van der Waals surface area contributed by atoms with E-state index in [2.05, 4.69) is 0 Å². The molecule has 3 nitrogen and oxygen atoms in total. The minimum Gasteiger partial charge on any atom is -0.404 e. The van der Waals surface area contributed by atoms with Gasteiger partial charge in [-0.15, -0.1) is 0 Å². The van der Waals surface area contributed by atoms with Crippen molar-refractivity contribution in [1.29, 1.82) is 0 Å². The van der Waals surface area contributed by atoms with Crippen LogP contribution in [0.25, 0.3) is 0 Å². The molecular weight excluding hydrogens is 104 g/mol. The number of primary amides is 1. The summed E-state index contributed by atoms with van der Waals surface area (Å²) >= 11 is 0. The van der Waals surface area contributed by atoms with Crippen LogP contribution >= 0.6 is 0 Å². The third-order valence-corrected chi connectivity index (χ3v) is 0.899. The summed E-state index contributed by atoms with van der Waals surface area (Å²) in [7, 11) is 0. The van der Waals surface area contributed by atoms with Crippen molar-refractivity contribution in [2.75, 3.05) is 0 Å². The fraction of sp³-hybridized carbons (Fsp3) is 0.400. The molecule has 4 N–H and O–H groups in total. The quantitative estimate of drug-likeness (QED) is 0.485. The highest BCUT2D eigenvalue weighted by Gasteiger charge is 1.97. The molecule has 0 fully saturated rings. The molecule has 0 aliphatic heterocycles. The molecule has 8 heavy (non-hydrogen) atoms. The molecule has 0 heterocycles. The first-order valence-corrected chi connectivity index (χ1v) is 2.43. The van der Waals surface area contributed by atoms with Crippen LogP contribution in [-0.4, -0.2) is 5.91 Å². The third kappa shape index (κ3) is 1.64. The second-order valence-electron chi connectivity index (χ2n) is 1.41. The van der Waals surface area contributed by atoms with Gasteiger partial charge in [-0.1, -0.05) is 6.92 Å². The van der Waals surface area contributed by atoms with Gasteiger partial charge in [0.05, 0.1) is 0 Å². The van der Waals surface area contributed by atoms with Gasteiger partial charge in [-0.25, -0.2) is 0 Å². The summed E-state index contributed by atoms with van der Waals surface area (Å²) in [6.07, 6.45) is 1.84. The van der Waals surface area contributed by atoms with E-state index in [1.807, 2.05) is 6.92 Å². The average molecular weight is 114 g/mol. The maximum atomic E-state index is 10.2. The molecule has 0 aromatic rings. The number of amides is 1. The number of rotatable bonds is 2. The Hall–Kier alpha value is -0.990. The van der Waals surface area contributed by atoms with E-state index in [4.69, 9.17) is 11.5 Å². The Labute approximate surface area is 48.4 Å². The monoisotopic (exact) mass is 114 g/mol. The van der Waals surface area contributed by atoms with Gasteiger partial charge >= 0.3 is 0 Å². The number of nitrogens with two attached hydrogens (primary N) is 2. The number of carbonyl (C=O) groups is 1. The molecule has 0 saturated carbocycles. The van der Waals surface area contributed by atoms with Gasteiger partial charge in [0.2, 0.25) is 5.91 Å². The second-order valence-corrected chi connectivity index (χ2v) is 1.41. The van der Waals surface area contributed by atoms with Crippen LogP contribution in [0, 0.1) is 0 Å². The van der Waals surface area contributed by atoms with Crippen LogP contribution in [0.15, 0.2) is 11.8 Å². The molecule has 0 aromatic heterocycles. The molecule has 0 rings (SSSR count). The van der Waals surface area contributed by atoms with E-state index >= 15 is 0 Å². The normalized spacial score (nSPS) is 11.4. The first-order valence-electron chi connectivity index (χ1n) is 2.43. The molecule has 0 aromatic carbocycles. The Kier molecular flexibility index (Phi) is 2.69. The zero-order valence-electron chi connectivity index (χ0n) is 4.85. The Morgan fingerprint density at radius 3 is 2.25 bits per heavy atom. The molecule has 0 bridgehead atoms. The highest BCUT2D eigenvalue weighted by Crippen LogP contribution is 1.93. The second kappa shape index (κ2) is 3.07. The minimum absolute atomic E-state index is 0.435. The lowest BCUT2D eigenvalue weighted by Gasteiger charge is -1.92. The maximum Gasteiger partial charge on any atom is 0.246 e. The molecule has 0 unspecified atom stereocenters. The van der Waals surface area contributed by atoms with Gasteiger partial charge in [0.25, 0.3) is 0 Å². The van der Waals surface area contributed by atoms with Crippen LogP contribution in [0.3, 0.4) is 0 Å². The molecule has 3 heteroatoms. The SMILES string of the molecule is CCC(=CN)C(N)=O. The van der Waals surface area contributed by atoms with Gasteiger partial charge in [0.1, 0.15) is 0 Å². The van der Waals surface area contributed by atoms with Gasteiger partial charge in [-0.05, 0) is 6.42 Å². The predicted octanol–water partition coefficient (Wildman–Crippen LogP) is -0.276. The lowest BCUT2D eigenvalue weighted by Crippen LogP contribution is -2.14. The summed E-state index contributed by atoms with van der Waals surface area (Å²) < 4.78 is 0. The summed E-state index contributed by atoms with van der Waals surface area (Å²) in [5.41, 5.74) is 10.4. The van der Waals surface area contributed by atoms with E-state index in [1.165, 1.54) is 6.20 Å². The van der Waals surface area contributed by atoms with Crippen LogP contribution < -0.4 is 11.5 Å². The first-order chi connectivity index (χ1) is 3.72. The molecule has 0 aliphatic rings. The van der Waals surface area contributed by atoms with Crippen molar-refractivity contribution in [3.05, 3.63) is 11.8 Å². The topological polar surface area (TPSA) is 69.1 Å². The van der Waals surface area contributed by atoms with Gasteiger partial charge in [0, 0.05) is 11.8 Å². The van der Waals surface area contributed by atoms with E-state index in [1.54, 1.807) is 0 Å². The standard InChI is InChI=1S/C5H10N2O/c1-2-4(3-6)5(7)8/h3H,2,6H2,1H3,(H2,7,8). The minimum atomic E-state index is -0.435. The summed E-state index contributed by atoms with van der Waals surface area (Å²) in [6.45, 7) is 1.82. The maximum absolute atomic E-state index is 10.2. The van der Waals surface area contributed by atoms with Crippen molar-refractivity contribution in [2.24, 2.45) is 11.5 Å². The molecule has 0 atom stereocenters. The summed E-state index contributed by atoms with van der Waals surface area (Å²) in [5, 5.41) is 0. The van der Waals surface area contributed by atoms with Crippen LogP contribution in [-0.2, 0) is 4.79 Å². The van der Waals surface area contributed by atoms with E-state index in [9.17, 15) is 4.79 Å². The van der Waals surface area contributed by atoms with E-state index in [0.717, 1.165) is 0 Å². The zero-order valence-corrected chi connectivity index (χ0v) is 4.85. The summed E-state index contributed by atoms with van der Waals surface area (Å²) in [4.78, 5) is 10.2. The molecular formula is C5H10N2O. The number of hydrogen-bond donors (Lipinski definition) is 2. The smallest absolute Gasteiger partial charge is 0.246 e. The highest BCUT2D eigenvalue weighted by molar-refractivity contribution is 5.91. The predicted molar refractivity (Wildman–Crippen MR) is 31.8 cm³/mol. The van der Waals surface area contributed by atoms with Crippen molar-refractivity contribution >= 4 is 5.91 Å². The lowest BCUT2D eigenvalue weighted by molar-refractivity contribution is -0.114.